The van der Waals surface area contributed by atoms with Gasteiger partial charge in [-0.2, -0.15) is 9.40 Å². The van der Waals surface area contributed by atoms with Gasteiger partial charge in [0.2, 0.25) is 0 Å². The number of nitrogens with zero attached hydrogens (tertiary/aromatic N) is 2. The molecule has 0 aromatic carbocycles. The summed E-state index contributed by atoms with van der Waals surface area (Å²) in [5.74, 6) is 0. The zero-order valence-electron chi connectivity index (χ0n) is 9.20. The van der Waals surface area contributed by atoms with E-state index in [0.29, 0.717) is 0 Å². The van der Waals surface area contributed by atoms with Crippen LogP contribution in [0.15, 0.2) is 23.9 Å². The van der Waals surface area contributed by atoms with Crippen LogP contribution in [0.25, 0.3) is 0 Å². The number of aromatic amines is 1. The van der Waals surface area contributed by atoms with Gasteiger partial charge in [-0.1, -0.05) is 6.08 Å². The minimum absolute atomic E-state index is 0.0434. The Kier molecular flexibility index (Phi) is 4.82. The SMILES string of the molecule is C=CCN(CCO)S(=O)(=O)c1[nH]ncc1CO. The molecular weight excluding hydrogens is 246 g/mol. The number of hydrogen-bond donors (Lipinski definition) is 3. The molecule has 0 aliphatic heterocycles. The number of sulfonamides is 1. The van der Waals surface area contributed by atoms with Crippen molar-refractivity contribution in [2.75, 3.05) is 19.7 Å². The van der Waals surface area contributed by atoms with Crippen LogP contribution in [0.3, 0.4) is 0 Å². The highest BCUT2D eigenvalue weighted by atomic mass is 32.2. The Morgan fingerprint density at radius 1 is 1.53 bits per heavy atom. The van der Waals surface area contributed by atoms with Crippen LogP contribution in [0.5, 0.6) is 0 Å². The average molecular weight is 261 g/mol. The molecule has 0 fully saturated rings. The van der Waals surface area contributed by atoms with Gasteiger partial charge in [-0.25, -0.2) is 8.42 Å². The molecule has 0 saturated heterocycles. The second kappa shape index (κ2) is 5.92. The van der Waals surface area contributed by atoms with Crippen LogP contribution in [0.4, 0.5) is 0 Å². The topological polar surface area (TPSA) is 107 Å². The number of H-pyrrole nitrogens is 1. The van der Waals surface area contributed by atoms with E-state index in [1.807, 2.05) is 0 Å². The first-order chi connectivity index (χ1) is 8.07. The zero-order chi connectivity index (χ0) is 12.9. The second-order valence-corrected chi connectivity index (χ2v) is 5.13. The van der Waals surface area contributed by atoms with Gasteiger partial charge in [-0.15, -0.1) is 6.58 Å². The van der Waals surface area contributed by atoms with Gasteiger partial charge in [0.1, 0.15) is 0 Å². The summed E-state index contributed by atoms with van der Waals surface area (Å²) in [5, 5.41) is 23.6. The van der Waals surface area contributed by atoms with Crippen molar-refractivity contribution in [2.24, 2.45) is 0 Å². The molecule has 7 nitrogen and oxygen atoms in total. The minimum Gasteiger partial charge on any atom is -0.395 e. The molecule has 0 unspecified atom stereocenters. The Morgan fingerprint density at radius 2 is 2.24 bits per heavy atom. The summed E-state index contributed by atoms with van der Waals surface area (Å²) >= 11 is 0. The van der Waals surface area contributed by atoms with Crippen molar-refractivity contribution in [1.29, 1.82) is 0 Å². The molecule has 1 aromatic rings. The van der Waals surface area contributed by atoms with Crippen molar-refractivity contribution in [3.8, 4) is 0 Å². The predicted octanol–water partition coefficient (Wildman–Crippen LogP) is -0.929. The molecular formula is C9H15N3O4S. The Morgan fingerprint density at radius 3 is 2.76 bits per heavy atom. The third-order valence-electron chi connectivity index (χ3n) is 2.13. The van der Waals surface area contributed by atoms with E-state index in [1.54, 1.807) is 0 Å². The highest BCUT2D eigenvalue weighted by molar-refractivity contribution is 7.89. The number of rotatable bonds is 7. The van der Waals surface area contributed by atoms with Crippen molar-refractivity contribution in [3.05, 3.63) is 24.4 Å². The molecule has 0 radical (unpaired) electrons. The molecule has 0 bridgehead atoms. The normalized spacial score (nSPS) is 11.9. The fraction of sp³-hybridized carbons (Fsp3) is 0.444. The van der Waals surface area contributed by atoms with Gasteiger partial charge in [0, 0.05) is 18.7 Å². The van der Waals surface area contributed by atoms with E-state index < -0.39 is 16.6 Å². The van der Waals surface area contributed by atoms with Gasteiger partial charge >= 0.3 is 0 Å². The van der Waals surface area contributed by atoms with Crippen molar-refractivity contribution >= 4 is 10.0 Å². The third-order valence-corrected chi connectivity index (χ3v) is 4.01. The number of aliphatic hydroxyl groups excluding tert-OH is 2. The summed E-state index contributed by atoms with van der Waals surface area (Å²) in [6.45, 7) is 2.77. The van der Waals surface area contributed by atoms with Gasteiger partial charge in [0.05, 0.1) is 19.4 Å². The standard InChI is InChI=1S/C9H15N3O4S/c1-2-3-12(4-5-13)17(15,16)9-8(7-14)6-10-11-9/h2,6,13-14H,1,3-5,7H2,(H,10,11). The van der Waals surface area contributed by atoms with Crippen LogP contribution >= 0.6 is 0 Å². The van der Waals surface area contributed by atoms with E-state index in [2.05, 4.69) is 16.8 Å². The van der Waals surface area contributed by atoms with Crippen LogP contribution in [0, 0.1) is 0 Å². The molecule has 0 aliphatic rings. The van der Waals surface area contributed by atoms with Gasteiger partial charge in [0.25, 0.3) is 10.0 Å². The molecule has 0 aliphatic carbocycles. The molecule has 0 spiro atoms. The number of aromatic nitrogens is 2. The van der Waals surface area contributed by atoms with E-state index in [4.69, 9.17) is 10.2 Å². The first kappa shape index (κ1) is 13.8. The van der Waals surface area contributed by atoms with E-state index in [0.717, 1.165) is 4.31 Å². The van der Waals surface area contributed by atoms with Gasteiger partial charge < -0.3 is 10.2 Å². The zero-order valence-corrected chi connectivity index (χ0v) is 10.0. The molecule has 1 heterocycles. The minimum atomic E-state index is -3.80. The van der Waals surface area contributed by atoms with E-state index in [9.17, 15) is 8.42 Å². The lowest BCUT2D eigenvalue weighted by Gasteiger charge is -2.18. The molecule has 0 amide bonds. The lowest BCUT2D eigenvalue weighted by molar-refractivity contribution is 0.259. The summed E-state index contributed by atoms with van der Waals surface area (Å²) in [4.78, 5) is 0. The van der Waals surface area contributed by atoms with Crippen molar-refractivity contribution in [3.63, 3.8) is 0 Å². The fourth-order valence-electron chi connectivity index (χ4n) is 1.33. The van der Waals surface area contributed by atoms with Gasteiger partial charge in [-0.3, -0.25) is 5.10 Å². The fourth-order valence-corrected chi connectivity index (χ4v) is 2.83. The molecule has 0 atom stereocenters. The number of hydrogen-bond acceptors (Lipinski definition) is 5. The maximum atomic E-state index is 12.1. The summed E-state index contributed by atoms with van der Waals surface area (Å²) in [7, 11) is -3.80. The quantitative estimate of drug-likeness (QED) is 0.550. The van der Waals surface area contributed by atoms with Crippen molar-refractivity contribution in [2.45, 2.75) is 11.6 Å². The monoisotopic (exact) mass is 261 g/mol. The number of aliphatic hydroxyl groups is 2. The molecule has 0 saturated carbocycles. The first-order valence-electron chi connectivity index (χ1n) is 4.93. The van der Waals surface area contributed by atoms with Crippen LogP contribution in [0.2, 0.25) is 0 Å². The Bertz CT molecular complexity index is 468. The molecule has 1 rings (SSSR count). The molecule has 96 valence electrons. The van der Waals surface area contributed by atoms with Crippen LogP contribution in [-0.4, -0.2) is 52.8 Å². The molecule has 17 heavy (non-hydrogen) atoms. The van der Waals surface area contributed by atoms with E-state index in [-0.39, 0.29) is 30.3 Å². The summed E-state index contributed by atoms with van der Waals surface area (Å²) in [5.41, 5.74) is 0.192. The number of nitrogens with one attached hydrogen (secondary N) is 1. The van der Waals surface area contributed by atoms with E-state index >= 15 is 0 Å². The third kappa shape index (κ3) is 2.91. The van der Waals surface area contributed by atoms with E-state index in [1.165, 1.54) is 12.3 Å². The van der Waals surface area contributed by atoms with Gasteiger partial charge in [-0.05, 0) is 0 Å². The lowest BCUT2D eigenvalue weighted by atomic mass is 10.4. The maximum Gasteiger partial charge on any atom is 0.260 e. The van der Waals surface area contributed by atoms with Crippen molar-refractivity contribution in [1.82, 2.24) is 14.5 Å². The van der Waals surface area contributed by atoms with Crippen LogP contribution < -0.4 is 0 Å². The second-order valence-electron chi connectivity index (χ2n) is 3.26. The predicted molar refractivity (Wildman–Crippen MR) is 60.6 cm³/mol. The maximum absolute atomic E-state index is 12.1. The Hall–Kier alpha value is -1.22. The molecule has 1 aromatic heterocycles. The average Bonchev–Trinajstić information content (AvgIpc) is 2.77. The Labute approximate surface area is 99.4 Å². The summed E-state index contributed by atoms with van der Waals surface area (Å²) < 4.78 is 25.3. The highest BCUT2D eigenvalue weighted by Gasteiger charge is 2.27. The smallest absolute Gasteiger partial charge is 0.260 e. The summed E-state index contributed by atoms with van der Waals surface area (Å²) in [6, 6.07) is 0. The molecule has 8 heteroatoms. The van der Waals surface area contributed by atoms with Crippen molar-refractivity contribution < 1.29 is 18.6 Å². The molecule has 3 N–H and O–H groups in total. The van der Waals surface area contributed by atoms with Crippen LogP contribution in [-0.2, 0) is 16.6 Å². The summed E-state index contributed by atoms with van der Waals surface area (Å²) in [6.07, 6.45) is 2.67. The lowest BCUT2D eigenvalue weighted by Crippen LogP contribution is -2.34. The highest BCUT2D eigenvalue weighted by Crippen LogP contribution is 2.17. The largest absolute Gasteiger partial charge is 0.395 e. The van der Waals surface area contributed by atoms with Gasteiger partial charge in [0.15, 0.2) is 5.03 Å². The Balaban J connectivity index is 3.11. The first-order valence-corrected chi connectivity index (χ1v) is 6.37. The van der Waals surface area contributed by atoms with Crippen LogP contribution in [0.1, 0.15) is 5.56 Å².